The number of hydrogen-bond acceptors (Lipinski definition) is 6. The second-order valence-corrected chi connectivity index (χ2v) is 7.92. The Kier molecular flexibility index (Phi) is 6.45. The van der Waals surface area contributed by atoms with Gasteiger partial charge in [0.05, 0.1) is 31.7 Å². The molecule has 8 heteroatoms. The molecule has 8 nitrogen and oxygen atoms in total. The SMILES string of the molecule is COc1cc(COCc2ccccc2)ccc1NC(=O)c1cccc(-c2ccc3nn[nH]c3n2)c1. The van der Waals surface area contributed by atoms with E-state index >= 15 is 0 Å². The average Bonchev–Trinajstić information content (AvgIpc) is 3.38. The molecule has 2 N–H and O–H groups in total. The molecule has 0 aliphatic carbocycles. The summed E-state index contributed by atoms with van der Waals surface area (Å²) in [7, 11) is 1.58. The molecule has 3 aromatic carbocycles. The lowest BCUT2D eigenvalue weighted by atomic mass is 10.1. The van der Waals surface area contributed by atoms with Crippen LogP contribution in [0.1, 0.15) is 21.5 Å². The molecule has 5 rings (SSSR count). The quantitative estimate of drug-likeness (QED) is 0.334. The van der Waals surface area contributed by atoms with Crippen LogP contribution in [-0.2, 0) is 18.0 Å². The molecular formula is C27H23N5O3. The predicted octanol–water partition coefficient (Wildman–Crippen LogP) is 5.00. The van der Waals surface area contributed by atoms with E-state index in [0.29, 0.717) is 41.4 Å². The first-order valence-corrected chi connectivity index (χ1v) is 11.1. The summed E-state index contributed by atoms with van der Waals surface area (Å²) < 4.78 is 11.3. The molecule has 0 aliphatic heterocycles. The Morgan fingerprint density at radius 3 is 2.63 bits per heavy atom. The van der Waals surface area contributed by atoms with Gasteiger partial charge in [0, 0.05) is 11.1 Å². The van der Waals surface area contributed by atoms with Gasteiger partial charge in [0.25, 0.3) is 5.91 Å². The highest BCUT2D eigenvalue weighted by molar-refractivity contribution is 6.05. The lowest BCUT2D eigenvalue weighted by Crippen LogP contribution is -2.13. The molecule has 0 spiro atoms. The third-order valence-electron chi connectivity index (χ3n) is 5.50. The van der Waals surface area contributed by atoms with Gasteiger partial charge in [0.15, 0.2) is 5.65 Å². The molecule has 2 heterocycles. The molecule has 0 unspecified atom stereocenters. The number of nitrogens with zero attached hydrogens (tertiary/aromatic N) is 3. The van der Waals surface area contributed by atoms with E-state index in [1.54, 1.807) is 19.2 Å². The molecule has 174 valence electrons. The molecule has 35 heavy (non-hydrogen) atoms. The number of anilines is 1. The zero-order valence-electron chi connectivity index (χ0n) is 19.1. The summed E-state index contributed by atoms with van der Waals surface area (Å²) in [5.41, 5.74) is 5.96. The second-order valence-electron chi connectivity index (χ2n) is 7.92. The Bertz CT molecular complexity index is 1470. The first-order valence-electron chi connectivity index (χ1n) is 11.1. The van der Waals surface area contributed by atoms with Crippen LogP contribution in [-0.4, -0.2) is 33.4 Å². The largest absolute Gasteiger partial charge is 0.495 e. The standard InChI is InChI=1S/C27H23N5O3/c1-34-25-14-19(17-35-16-18-6-3-2-4-7-18)10-11-23(25)29-27(33)21-9-5-8-20(15-21)22-12-13-24-26(28-22)31-32-30-24/h2-15H,16-17H2,1H3,(H,29,33)(H,28,30,31,32). The molecule has 2 aromatic heterocycles. The van der Waals surface area contributed by atoms with Crippen LogP contribution in [0.3, 0.4) is 0 Å². The summed E-state index contributed by atoms with van der Waals surface area (Å²) in [6.45, 7) is 0.960. The smallest absolute Gasteiger partial charge is 0.255 e. The highest BCUT2D eigenvalue weighted by Gasteiger charge is 2.13. The van der Waals surface area contributed by atoms with E-state index < -0.39 is 0 Å². The van der Waals surface area contributed by atoms with Gasteiger partial charge in [-0.25, -0.2) is 10.1 Å². The van der Waals surface area contributed by atoms with Crippen molar-refractivity contribution in [3.05, 3.63) is 102 Å². The highest BCUT2D eigenvalue weighted by atomic mass is 16.5. The van der Waals surface area contributed by atoms with Crippen LogP contribution in [0.2, 0.25) is 0 Å². The van der Waals surface area contributed by atoms with E-state index in [2.05, 4.69) is 25.7 Å². The minimum absolute atomic E-state index is 0.248. The van der Waals surface area contributed by atoms with Crippen LogP contribution >= 0.6 is 0 Å². The number of H-pyrrole nitrogens is 1. The lowest BCUT2D eigenvalue weighted by molar-refractivity contribution is 0.102. The van der Waals surface area contributed by atoms with Crippen molar-refractivity contribution in [3.8, 4) is 17.0 Å². The number of methoxy groups -OCH3 is 1. The maximum atomic E-state index is 13.0. The van der Waals surface area contributed by atoms with Gasteiger partial charge in [-0.15, -0.1) is 5.10 Å². The van der Waals surface area contributed by atoms with Crippen molar-refractivity contribution in [1.82, 2.24) is 20.4 Å². The van der Waals surface area contributed by atoms with Crippen molar-refractivity contribution in [2.45, 2.75) is 13.2 Å². The third kappa shape index (κ3) is 5.18. The van der Waals surface area contributed by atoms with Gasteiger partial charge in [-0.2, -0.15) is 0 Å². The molecule has 0 bridgehead atoms. The Balaban J connectivity index is 1.28. The van der Waals surface area contributed by atoms with Gasteiger partial charge in [-0.1, -0.05) is 53.7 Å². The van der Waals surface area contributed by atoms with E-state index in [0.717, 1.165) is 22.4 Å². The second kappa shape index (κ2) is 10.1. The summed E-state index contributed by atoms with van der Waals surface area (Å²) in [6.07, 6.45) is 0. The van der Waals surface area contributed by atoms with E-state index in [-0.39, 0.29) is 5.91 Å². The third-order valence-corrected chi connectivity index (χ3v) is 5.50. The molecule has 0 saturated carbocycles. The summed E-state index contributed by atoms with van der Waals surface area (Å²) in [5, 5.41) is 13.4. The minimum atomic E-state index is -0.248. The number of ether oxygens (including phenoxy) is 2. The number of benzene rings is 3. The summed E-state index contributed by atoms with van der Waals surface area (Å²) >= 11 is 0. The fourth-order valence-electron chi connectivity index (χ4n) is 3.71. The predicted molar refractivity (Wildman–Crippen MR) is 133 cm³/mol. The number of amides is 1. The summed E-state index contributed by atoms with van der Waals surface area (Å²) in [6, 6.07) is 26.6. The summed E-state index contributed by atoms with van der Waals surface area (Å²) in [4.78, 5) is 17.5. The molecule has 0 saturated heterocycles. The lowest BCUT2D eigenvalue weighted by Gasteiger charge is -2.13. The molecule has 1 amide bonds. The number of nitrogens with one attached hydrogen (secondary N) is 2. The van der Waals surface area contributed by atoms with Crippen molar-refractivity contribution in [2.75, 3.05) is 12.4 Å². The molecule has 0 aliphatic rings. The molecular weight excluding hydrogens is 442 g/mol. The van der Waals surface area contributed by atoms with Crippen LogP contribution in [0, 0.1) is 0 Å². The zero-order valence-corrected chi connectivity index (χ0v) is 19.1. The topological polar surface area (TPSA) is 102 Å². The van der Waals surface area contributed by atoms with Gasteiger partial charge >= 0.3 is 0 Å². The van der Waals surface area contributed by atoms with Gasteiger partial charge in [0.1, 0.15) is 11.3 Å². The molecule has 0 atom stereocenters. The van der Waals surface area contributed by atoms with Crippen LogP contribution in [0.5, 0.6) is 5.75 Å². The van der Waals surface area contributed by atoms with Gasteiger partial charge in [-0.05, 0) is 47.5 Å². The van der Waals surface area contributed by atoms with Crippen LogP contribution in [0.15, 0.2) is 84.9 Å². The van der Waals surface area contributed by atoms with E-state index in [4.69, 9.17) is 9.47 Å². The fourth-order valence-corrected chi connectivity index (χ4v) is 3.71. The Morgan fingerprint density at radius 1 is 0.914 bits per heavy atom. The van der Waals surface area contributed by atoms with Gasteiger partial charge < -0.3 is 14.8 Å². The van der Waals surface area contributed by atoms with Gasteiger partial charge in [-0.3, -0.25) is 4.79 Å². The number of aromatic nitrogens is 4. The van der Waals surface area contributed by atoms with Crippen LogP contribution in [0.4, 0.5) is 5.69 Å². The maximum absolute atomic E-state index is 13.0. The van der Waals surface area contributed by atoms with E-state index in [1.165, 1.54) is 0 Å². The number of aromatic amines is 1. The Labute approximate surface area is 201 Å². The number of carbonyl (C=O) groups is 1. The number of pyridine rings is 1. The Hall–Kier alpha value is -4.56. The van der Waals surface area contributed by atoms with Crippen molar-refractivity contribution in [2.24, 2.45) is 0 Å². The number of fused-ring (bicyclic) bond motifs is 1. The number of rotatable bonds is 8. The summed E-state index contributed by atoms with van der Waals surface area (Å²) in [5.74, 6) is 0.316. The van der Waals surface area contributed by atoms with Gasteiger partial charge in [0.2, 0.25) is 0 Å². The van der Waals surface area contributed by atoms with E-state index in [9.17, 15) is 4.79 Å². The monoisotopic (exact) mass is 465 g/mol. The van der Waals surface area contributed by atoms with Crippen molar-refractivity contribution in [1.29, 1.82) is 0 Å². The van der Waals surface area contributed by atoms with Crippen molar-refractivity contribution < 1.29 is 14.3 Å². The molecule has 5 aromatic rings. The Morgan fingerprint density at radius 2 is 1.77 bits per heavy atom. The number of hydrogen-bond donors (Lipinski definition) is 2. The highest BCUT2D eigenvalue weighted by Crippen LogP contribution is 2.27. The molecule has 0 radical (unpaired) electrons. The first kappa shape index (κ1) is 22.2. The maximum Gasteiger partial charge on any atom is 0.255 e. The van der Waals surface area contributed by atoms with Crippen LogP contribution in [0.25, 0.3) is 22.4 Å². The van der Waals surface area contributed by atoms with Crippen molar-refractivity contribution in [3.63, 3.8) is 0 Å². The first-order chi connectivity index (χ1) is 17.2. The van der Waals surface area contributed by atoms with Crippen molar-refractivity contribution >= 4 is 22.8 Å². The average molecular weight is 466 g/mol. The minimum Gasteiger partial charge on any atom is -0.495 e. The number of carbonyl (C=O) groups excluding carboxylic acids is 1. The van der Waals surface area contributed by atoms with Crippen LogP contribution < -0.4 is 10.1 Å². The zero-order chi connectivity index (χ0) is 24.0. The molecule has 0 fully saturated rings. The fraction of sp³-hybridized carbons (Fsp3) is 0.111. The van der Waals surface area contributed by atoms with E-state index in [1.807, 2.05) is 72.8 Å². The normalized spacial score (nSPS) is 10.9.